The molecule has 0 bridgehead atoms. The van der Waals surface area contributed by atoms with Crippen molar-refractivity contribution in [2.24, 2.45) is 0 Å². The van der Waals surface area contributed by atoms with Gasteiger partial charge in [0.1, 0.15) is 5.69 Å². The largest absolute Gasteiger partial charge is 0.416 e. The van der Waals surface area contributed by atoms with Gasteiger partial charge in [-0.15, -0.1) is 0 Å². The van der Waals surface area contributed by atoms with Crippen LogP contribution in [-0.4, -0.2) is 51.9 Å². The van der Waals surface area contributed by atoms with E-state index in [0.717, 1.165) is 12.1 Å². The molecule has 2 aromatic carbocycles. The molecule has 1 saturated heterocycles. The van der Waals surface area contributed by atoms with Gasteiger partial charge in [0, 0.05) is 43.4 Å². The maximum absolute atomic E-state index is 13.0. The lowest BCUT2D eigenvalue weighted by Crippen LogP contribution is -2.47. The summed E-state index contributed by atoms with van der Waals surface area (Å²) in [6.07, 6.45) is -4.48. The number of rotatable bonds is 6. The summed E-state index contributed by atoms with van der Waals surface area (Å²) in [6, 6.07) is 8.88. The van der Waals surface area contributed by atoms with E-state index in [2.05, 4.69) is 15.0 Å². The summed E-state index contributed by atoms with van der Waals surface area (Å²) in [7, 11) is 0. The molecule has 4 rings (SSSR count). The second-order valence-corrected chi connectivity index (χ2v) is 8.25. The molecule has 0 aliphatic carbocycles. The predicted molar refractivity (Wildman–Crippen MR) is 120 cm³/mol. The molecule has 1 atom stereocenters. The Kier molecular flexibility index (Phi) is 6.57. The number of carbonyl (C=O) groups excluding carboxylic acids is 1. The van der Waals surface area contributed by atoms with Gasteiger partial charge in [-0.05, 0) is 38.1 Å². The topological polar surface area (TPSA) is 106 Å². The van der Waals surface area contributed by atoms with E-state index in [1.165, 1.54) is 25.1 Å². The molecule has 9 nitrogen and oxygen atoms in total. The van der Waals surface area contributed by atoms with Crippen molar-refractivity contribution in [3.05, 3.63) is 69.6 Å². The van der Waals surface area contributed by atoms with Gasteiger partial charge in [0.25, 0.3) is 5.69 Å². The summed E-state index contributed by atoms with van der Waals surface area (Å²) in [5, 5.41) is 15.4. The van der Waals surface area contributed by atoms with Crippen LogP contribution < -0.4 is 4.90 Å². The Morgan fingerprint density at radius 3 is 2.49 bits per heavy atom. The van der Waals surface area contributed by atoms with Crippen LogP contribution in [0.25, 0.3) is 11.4 Å². The lowest BCUT2D eigenvalue weighted by molar-refractivity contribution is -0.384. The minimum absolute atomic E-state index is 0.0674. The first-order chi connectivity index (χ1) is 16.5. The van der Waals surface area contributed by atoms with Crippen molar-refractivity contribution in [3.63, 3.8) is 0 Å². The molecule has 1 fully saturated rings. The van der Waals surface area contributed by atoms with E-state index in [0.29, 0.717) is 31.9 Å². The van der Waals surface area contributed by atoms with Crippen LogP contribution in [0.2, 0.25) is 0 Å². The van der Waals surface area contributed by atoms with Crippen LogP contribution >= 0.6 is 0 Å². The first kappa shape index (κ1) is 24.3. The molecule has 0 spiro atoms. The standard InChI is InChI=1S/C23H22F3N5O4/c1-14(22-27-21(28-35-22)17-4-3-5-18(12-17)23(24,25)26)29-8-10-30(11-9-29)19-7-6-16(15(2)32)13-20(19)31(33)34/h3-7,12-14H,8-11H2,1-2H3/t14-/m0/s1. The summed E-state index contributed by atoms with van der Waals surface area (Å²) in [5.74, 6) is 0.0859. The minimum atomic E-state index is -4.48. The number of Topliss-reactive ketones (excluding diaryl/α,β-unsaturated/α-hetero) is 1. The number of piperazine rings is 1. The van der Waals surface area contributed by atoms with Gasteiger partial charge in [-0.1, -0.05) is 17.3 Å². The number of ketones is 1. The average Bonchev–Trinajstić information content (AvgIpc) is 3.33. The van der Waals surface area contributed by atoms with E-state index in [9.17, 15) is 28.1 Å². The predicted octanol–water partition coefficient (Wildman–Crippen LogP) is 4.75. The number of nitro benzene ring substituents is 1. The van der Waals surface area contributed by atoms with E-state index in [-0.39, 0.29) is 40.4 Å². The molecule has 0 unspecified atom stereocenters. The van der Waals surface area contributed by atoms with Crippen LogP contribution in [0, 0.1) is 10.1 Å². The molecule has 35 heavy (non-hydrogen) atoms. The minimum Gasteiger partial charge on any atom is -0.363 e. The van der Waals surface area contributed by atoms with Gasteiger partial charge in [0.2, 0.25) is 11.7 Å². The first-order valence-corrected chi connectivity index (χ1v) is 10.8. The fraction of sp³-hybridized carbons (Fsp3) is 0.348. The highest BCUT2D eigenvalue weighted by Crippen LogP contribution is 2.33. The normalized spacial score (nSPS) is 15.7. The van der Waals surface area contributed by atoms with Crippen molar-refractivity contribution in [2.45, 2.75) is 26.1 Å². The van der Waals surface area contributed by atoms with Gasteiger partial charge < -0.3 is 9.42 Å². The molecule has 1 aliphatic rings. The van der Waals surface area contributed by atoms with Crippen molar-refractivity contribution in [3.8, 4) is 11.4 Å². The fourth-order valence-electron chi connectivity index (χ4n) is 4.02. The van der Waals surface area contributed by atoms with E-state index < -0.39 is 16.7 Å². The van der Waals surface area contributed by atoms with Crippen LogP contribution in [-0.2, 0) is 6.18 Å². The average molecular weight is 489 g/mol. The highest BCUT2D eigenvalue weighted by atomic mass is 19.4. The van der Waals surface area contributed by atoms with E-state index >= 15 is 0 Å². The van der Waals surface area contributed by atoms with Crippen molar-refractivity contribution in [2.75, 3.05) is 31.1 Å². The summed E-state index contributed by atoms with van der Waals surface area (Å²) in [6.45, 7) is 5.25. The molecule has 0 N–H and O–H groups in total. The Balaban J connectivity index is 1.45. The highest BCUT2D eigenvalue weighted by molar-refractivity contribution is 5.95. The maximum Gasteiger partial charge on any atom is 0.416 e. The van der Waals surface area contributed by atoms with E-state index in [1.54, 1.807) is 12.1 Å². The molecular formula is C23H22F3N5O4. The zero-order chi connectivity index (χ0) is 25.3. The number of halogens is 3. The first-order valence-electron chi connectivity index (χ1n) is 10.8. The number of nitrogens with zero attached hydrogens (tertiary/aromatic N) is 5. The zero-order valence-electron chi connectivity index (χ0n) is 19.0. The van der Waals surface area contributed by atoms with Crippen molar-refractivity contribution >= 4 is 17.2 Å². The van der Waals surface area contributed by atoms with Crippen LogP contribution in [0.1, 0.15) is 41.7 Å². The lowest BCUT2D eigenvalue weighted by atomic mass is 10.1. The second kappa shape index (κ2) is 9.45. The van der Waals surface area contributed by atoms with E-state index in [4.69, 9.17) is 4.52 Å². The summed E-state index contributed by atoms with van der Waals surface area (Å²) >= 11 is 0. The molecule has 1 aromatic heterocycles. The maximum atomic E-state index is 13.0. The molecule has 0 saturated carbocycles. The highest BCUT2D eigenvalue weighted by Gasteiger charge is 2.32. The van der Waals surface area contributed by atoms with Gasteiger partial charge in [-0.3, -0.25) is 19.8 Å². The second-order valence-electron chi connectivity index (χ2n) is 8.25. The number of hydrogen-bond acceptors (Lipinski definition) is 8. The SMILES string of the molecule is CC(=O)c1ccc(N2CCN([C@@H](C)c3nc(-c4cccc(C(F)(F)F)c4)no3)CC2)c([N+](=O)[O-])c1. The number of carbonyl (C=O) groups is 1. The Morgan fingerprint density at radius 1 is 1.14 bits per heavy atom. The number of alkyl halides is 3. The Bertz CT molecular complexity index is 1250. The Hall–Kier alpha value is -3.80. The van der Waals surface area contributed by atoms with Gasteiger partial charge >= 0.3 is 6.18 Å². The number of anilines is 1. The lowest BCUT2D eigenvalue weighted by Gasteiger charge is -2.37. The van der Waals surface area contributed by atoms with Gasteiger partial charge in [0.15, 0.2) is 5.78 Å². The van der Waals surface area contributed by atoms with Gasteiger partial charge in [-0.2, -0.15) is 18.2 Å². The van der Waals surface area contributed by atoms with Crippen LogP contribution in [0.4, 0.5) is 24.5 Å². The molecule has 1 aliphatic heterocycles. The molecule has 12 heteroatoms. The molecule has 184 valence electrons. The van der Waals surface area contributed by atoms with Crippen molar-refractivity contribution in [1.82, 2.24) is 15.0 Å². The third-order valence-corrected chi connectivity index (χ3v) is 6.03. The van der Waals surface area contributed by atoms with Gasteiger partial charge in [-0.25, -0.2) is 0 Å². The number of benzene rings is 2. The Labute approximate surface area is 198 Å². The number of hydrogen-bond donors (Lipinski definition) is 0. The molecule has 0 radical (unpaired) electrons. The monoisotopic (exact) mass is 489 g/mol. The molecule has 0 amide bonds. The van der Waals surface area contributed by atoms with Crippen LogP contribution in [0.5, 0.6) is 0 Å². The van der Waals surface area contributed by atoms with Gasteiger partial charge in [0.05, 0.1) is 16.5 Å². The number of aromatic nitrogens is 2. The third-order valence-electron chi connectivity index (χ3n) is 6.03. The summed E-state index contributed by atoms with van der Waals surface area (Å²) < 4.78 is 44.4. The smallest absolute Gasteiger partial charge is 0.363 e. The number of nitro groups is 1. The fourth-order valence-corrected chi connectivity index (χ4v) is 4.02. The summed E-state index contributed by atoms with van der Waals surface area (Å²) in [4.78, 5) is 30.9. The summed E-state index contributed by atoms with van der Waals surface area (Å²) in [5.41, 5.74) is 0.00328. The van der Waals surface area contributed by atoms with Crippen molar-refractivity contribution < 1.29 is 27.4 Å². The quantitative estimate of drug-likeness (QED) is 0.278. The van der Waals surface area contributed by atoms with Crippen LogP contribution in [0.3, 0.4) is 0 Å². The molecule has 2 heterocycles. The molecular weight excluding hydrogens is 467 g/mol. The van der Waals surface area contributed by atoms with Crippen LogP contribution in [0.15, 0.2) is 47.0 Å². The molecule has 3 aromatic rings. The zero-order valence-corrected chi connectivity index (χ0v) is 19.0. The van der Waals surface area contributed by atoms with Crippen molar-refractivity contribution in [1.29, 1.82) is 0 Å². The third kappa shape index (κ3) is 5.16. The Morgan fingerprint density at radius 2 is 1.86 bits per heavy atom. The van der Waals surface area contributed by atoms with E-state index in [1.807, 2.05) is 11.8 Å².